The average molecular weight is 221 g/mol. The molecule has 0 fully saturated rings. The number of imidazole rings is 1. The van der Waals surface area contributed by atoms with E-state index in [-0.39, 0.29) is 0 Å². The van der Waals surface area contributed by atoms with Crippen LogP contribution in [0.15, 0.2) is 42.7 Å². The summed E-state index contributed by atoms with van der Waals surface area (Å²) in [4.78, 5) is 8.96. The Hall–Kier alpha value is -2.16. The molecule has 0 unspecified atom stereocenters. The molecule has 0 N–H and O–H groups in total. The normalized spacial score (nSPS) is 13.4. The first-order valence-electron chi connectivity index (χ1n) is 5.84. The van der Waals surface area contributed by atoms with Gasteiger partial charge in [-0.1, -0.05) is 24.3 Å². The fourth-order valence-electron chi connectivity index (χ4n) is 2.61. The molecule has 0 bridgehead atoms. The van der Waals surface area contributed by atoms with Gasteiger partial charge >= 0.3 is 0 Å². The topological polar surface area (TPSA) is 30.2 Å². The van der Waals surface area contributed by atoms with Gasteiger partial charge in [0.2, 0.25) is 5.78 Å². The van der Waals surface area contributed by atoms with Gasteiger partial charge in [-0.15, -0.1) is 0 Å². The summed E-state index contributed by atoms with van der Waals surface area (Å²) in [5, 5.41) is 0. The molecule has 17 heavy (non-hydrogen) atoms. The summed E-state index contributed by atoms with van der Waals surface area (Å²) in [5.41, 5.74) is 5.04. The average Bonchev–Trinajstić information content (AvgIpc) is 2.78. The SMILES string of the molecule is c1ccc2c(c1)CCc1c-2nc2ncccn12. The van der Waals surface area contributed by atoms with Gasteiger partial charge in [0.1, 0.15) is 0 Å². The number of rotatable bonds is 0. The van der Waals surface area contributed by atoms with Gasteiger partial charge in [0, 0.05) is 18.0 Å². The van der Waals surface area contributed by atoms with E-state index in [0.717, 1.165) is 24.3 Å². The van der Waals surface area contributed by atoms with Gasteiger partial charge in [-0.25, -0.2) is 9.97 Å². The fourth-order valence-corrected chi connectivity index (χ4v) is 2.61. The highest BCUT2D eigenvalue weighted by Crippen LogP contribution is 2.32. The van der Waals surface area contributed by atoms with Crippen molar-refractivity contribution in [2.24, 2.45) is 0 Å². The standard InChI is InChI=1S/C14H11N3/c1-2-5-11-10(4-1)6-7-12-13(11)16-14-15-8-3-9-17(12)14/h1-5,8-9H,6-7H2. The number of hydrogen-bond acceptors (Lipinski definition) is 2. The Morgan fingerprint density at radius 2 is 2.00 bits per heavy atom. The van der Waals surface area contributed by atoms with E-state index in [4.69, 9.17) is 0 Å². The lowest BCUT2D eigenvalue weighted by Gasteiger charge is -2.15. The van der Waals surface area contributed by atoms with E-state index in [1.807, 2.05) is 12.3 Å². The van der Waals surface area contributed by atoms with Crippen molar-refractivity contribution in [1.29, 1.82) is 0 Å². The molecule has 2 heterocycles. The van der Waals surface area contributed by atoms with Crippen LogP contribution in [0.25, 0.3) is 17.0 Å². The lowest BCUT2D eigenvalue weighted by Crippen LogP contribution is -2.05. The van der Waals surface area contributed by atoms with Crippen molar-refractivity contribution in [3.63, 3.8) is 0 Å². The van der Waals surface area contributed by atoms with Gasteiger partial charge in [-0.05, 0) is 24.5 Å². The summed E-state index contributed by atoms with van der Waals surface area (Å²) in [5.74, 6) is 0.800. The Kier molecular flexibility index (Phi) is 1.66. The van der Waals surface area contributed by atoms with Crippen LogP contribution in [0.2, 0.25) is 0 Å². The molecule has 1 aliphatic rings. The van der Waals surface area contributed by atoms with E-state index in [1.54, 1.807) is 6.20 Å². The van der Waals surface area contributed by atoms with Gasteiger partial charge < -0.3 is 0 Å². The summed E-state index contributed by atoms with van der Waals surface area (Å²) < 4.78 is 2.10. The number of nitrogens with zero attached hydrogens (tertiary/aromatic N) is 3. The number of benzene rings is 1. The second kappa shape index (κ2) is 3.17. The predicted molar refractivity (Wildman–Crippen MR) is 65.8 cm³/mol. The van der Waals surface area contributed by atoms with E-state index >= 15 is 0 Å². The van der Waals surface area contributed by atoms with Crippen LogP contribution in [0.3, 0.4) is 0 Å². The largest absolute Gasteiger partial charge is 0.287 e. The van der Waals surface area contributed by atoms with Crippen molar-refractivity contribution >= 4 is 5.78 Å². The van der Waals surface area contributed by atoms with Gasteiger partial charge in [0.05, 0.1) is 11.4 Å². The molecule has 0 amide bonds. The van der Waals surface area contributed by atoms with Crippen molar-refractivity contribution < 1.29 is 0 Å². The highest BCUT2D eigenvalue weighted by molar-refractivity contribution is 5.70. The molecule has 4 rings (SSSR count). The van der Waals surface area contributed by atoms with Crippen molar-refractivity contribution in [2.45, 2.75) is 12.8 Å². The molecule has 3 aromatic rings. The van der Waals surface area contributed by atoms with Crippen LogP contribution in [0.4, 0.5) is 0 Å². The van der Waals surface area contributed by atoms with Crippen molar-refractivity contribution in [3.8, 4) is 11.3 Å². The second-order valence-electron chi connectivity index (χ2n) is 4.35. The molecule has 0 aliphatic heterocycles. The Morgan fingerprint density at radius 1 is 1.06 bits per heavy atom. The Labute approximate surface area is 98.8 Å². The molecule has 0 saturated heterocycles. The molecule has 0 atom stereocenters. The van der Waals surface area contributed by atoms with Crippen LogP contribution in [-0.2, 0) is 12.8 Å². The van der Waals surface area contributed by atoms with E-state index < -0.39 is 0 Å². The van der Waals surface area contributed by atoms with Crippen molar-refractivity contribution in [2.75, 3.05) is 0 Å². The molecular weight excluding hydrogens is 210 g/mol. The summed E-state index contributed by atoms with van der Waals surface area (Å²) in [6.45, 7) is 0. The first-order valence-corrected chi connectivity index (χ1v) is 5.84. The lowest BCUT2D eigenvalue weighted by atomic mass is 9.92. The lowest BCUT2D eigenvalue weighted by molar-refractivity contribution is 0.876. The minimum Gasteiger partial charge on any atom is -0.287 e. The molecule has 3 nitrogen and oxygen atoms in total. The van der Waals surface area contributed by atoms with Crippen LogP contribution in [0.5, 0.6) is 0 Å². The van der Waals surface area contributed by atoms with E-state index in [9.17, 15) is 0 Å². The smallest absolute Gasteiger partial charge is 0.234 e. The quantitative estimate of drug-likeness (QED) is 0.584. The molecule has 0 saturated carbocycles. The van der Waals surface area contributed by atoms with Crippen molar-refractivity contribution in [3.05, 3.63) is 54.0 Å². The zero-order chi connectivity index (χ0) is 11.2. The summed E-state index contributed by atoms with van der Waals surface area (Å²) >= 11 is 0. The van der Waals surface area contributed by atoms with Crippen molar-refractivity contribution in [1.82, 2.24) is 14.4 Å². The van der Waals surface area contributed by atoms with E-state index in [1.165, 1.54) is 16.8 Å². The first kappa shape index (κ1) is 8.93. The van der Waals surface area contributed by atoms with Crippen LogP contribution in [0, 0.1) is 0 Å². The molecule has 3 heteroatoms. The van der Waals surface area contributed by atoms with Gasteiger partial charge in [-0.2, -0.15) is 0 Å². The molecule has 2 aromatic heterocycles. The van der Waals surface area contributed by atoms with E-state index in [2.05, 4.69) is 38.6 Å². The van der Waals surface area contributed by atoms with Gasteiger partial charge in [0.25, 0.3) is 0 Å². The highest BCUT2D eigenvalue weighted by Gasteiger charge is 2.20. The number of aromatic nitrogens is 3. The second-order valence-corrected chi connectivity index (χ2v) is 4.35. The third-order valence-electron chi connectivity index (χ3n) is 3.41. The Balaban J connectivity index is 2.10. The first-order chi connectivity index (χ1) is 8.43. The zero-order valence-electron chi connectivity index (χ0n) is 9.30. The Morgan fingerprint density at radius 3 is 3.00 bits per heavy atom. The van der Waals surface area contributed by atoms with Crippen LogP contribution >= 0.6 is 0 Å². The third-order valence-corrected chi connectivity index (χ3v) is 3.41. The minimum absolute atomic E-state index is 0.800. The molecule has 1 aromatic carbocycles. The van der Waals surface area contributed by atoms with Crippen LogP contribution < -0.4 is 0 Å². The number of aryl methyl sites for hydroxylation is 2. The molecule has 82 valence electrons. The maximum atomic E-state index is 4.65. The molecular formula is C14H11N3. The number of hydrogen-bond donors (Lipinski definition) is 0. The molecule has 1 aliphatic carbocycles. The number of fused-ring (bicyclic) bond motifs is 5. The van der Waals surface area contributed by atoms with Crippen LogP contribution in [-0.4, -0.2) is 14.4 Å². The predicted octanol–water partition coefficient (Wildman–Crippen LogP) is 2.49. The fraction of sp³-hybridized carbons (Fsp3) is 0.143. The molecule has 0 spiro atoms. The third kappa shape index (κ3) is 1.16. The molecule has 0 radical (unpaired) electrons. The van der Waals surface area contributed by atoms with E-state index in [0.29, 0.717) is 0 Å². The monoisotopic (exact) mass is 221 g/mol. The van der Waals surface area contributed by atoms with Crippen LogP contribution in [0.1, 0.15) is 11.3 Å². The Bertz CT molecular complexity index is 712. The maximum Gasteiger partial charge on any atom is 0.234 e. The van der Waals surface area contributed by atoms with Gasteiger partial charge in [-0.3, -0.25) is 4.40 Å². The minimum atomic E-state index is 0.800. The summed E-state index contributed by atoms with van der Waals surface area (Å²) in [6, 6.07) is 10.5. The maximum absolute atomic E-state index is 4.65. The summed E-state index contributed by atoms with van der Waals surface area (Å²) in [7, 11) is 0. The van der Waals surface area contributed by atoms with Gasteiger partial charge in [0.15, 0.2) is 0 Å². The zero-order valence-corrected chi connectivity index (χ0v) is 9.30. The highest BCUT2D eigenvalue weighted by atomic mass is 15.1. The summed E-state index contributed by atoms with van der Waals surface area (Å²) in [6.07, 6.45) is 5.97.